The summed E-state index contributed by atoms with van der Waals surface area (Å²) in [5.74, 6) is 0. The average molecular weight is 255 g/mol. The van der Waals surface area contributed by atoms with Crippen LogP contribution in [0.1, 0.15) is 6.42 Å². The molecule has 9 heavy (non-hydrogen) atoms. The van der Waals surface area contributed by atoms with Gasteiger partial charge in [-0.05, 0) is 35.1 Å². The summed E-state index contributed by atoms with van der Waals surface area (Å²) in [5, 5.41) is 0.766. The Hall–Kier alpha value is 0.460. The fourth-order valence-electron chi connectivity index (χ4n) is 0.650. The van der Waals surface area contributed by atoms with Crippen LogP contribution in [0.2, 0.25) is 0 Å². The second kappa shape index (κ2) is 3.03. The van der Waals surface area contributed by atoms with Crippen LogP contribution in [0.15, 0.2) is 20.8 Å². The van der Waals surface area contributed by atoms with E-state index in [-0.39, 0.29) is 6.04 Å². The summed E-state index contributed by atoms with van der Waals surface area (Å²) in [4.78, 5) is 0. The maximum atomic E-state index is 5.75. The summed E-state index contributed by atoms with van der Waals surface area (Å²) in [5.41, 5.74) is 5.59. The molecule has 0 aliphatic heterocycles. The Kier molecular flexibility index (Phi) is 2.55. The standard InChI is InChI=1S/C6H7ClIN/c7-5-3-4(8)1-2-6(5)9/h1,3,6H,2,9H2. The molecule has 0 fully saturated rings. The Bertz CT molecular complexity index is 174. The first-order valence-corrected chi connectivity index (χ1v) is 4.14. The van der Waals surface area contributed by atoms with Gasteiger partial charge in [-0.1, -0.05) is 17.7 Å². The Morgan fingerprint density at radius 2 is 2.44 bits per heavy atom. The molecule has 1 nitrogen and oxygen atoms in total. The van der Waals surface area contributed by atoms with Crippen LogP contribution in [-0.4, -0.2) is 6.04 Å². The van der Waals surface area contributed by atoms with Crippen LogP contribution in [0.5, 0.6) is 0 Å². The van der Waals surface area contributed by atoms with Crippen LogP contribution in [0.25, 0.3) is 0 Å². The van der Waals surface area contributed by atoms with Crippen LogP contribution in [0, 0.1) is 0 Å². The lowest BCUT2D eigenvalue weighted by molar-refractivity contribution is 0.810. The zero-order valence-corrected chi connectivity index (χ0v) is 7.69. The molecule has 2 N–H and O–H groups in total. The van der Waals surface area contributed by atoms with E-state index in [4.69, 9.17) is 17.3 Å². The summed E-state index contributed by atoms with van der Waals surface area (Å²) in [7, 11) is 0. The molecule has 0 amide bonds. The molecule has 0 aromatic rings. The molecule has 1 atom stereocenters. The molecular weight excluding hydrogens is 248 g/mol. The van der Waals surface area contributed by atoms with Crippen molar-refractivity contribution in [2.45, 2.75) is 12.5 Å². The molecule has 0 radical (unpaired) electrons. The molecular formula is C6H7ClIN. The smallest absolute Gasteiger partial charge is 0.0439 e. The molecule has 0 saturated heterocycles. The zero-order chi connectivity index (χ0) is 6.85. The molecule has 0 spiro atoms. The second-order valence-electron chi connectivity index (χ2n) is 1.96. The third-order valence-electron chi connectivity index (χ3n) is 1.20. The highest BCUT2D eigenvalue weighted by molar-refractivity contribution is 14.1. The van der Waals surface area contributed by atoms with Crippen molar-refractivity contribution in [2.75, 3.05) is 0 Å². The predicted octanol–water partition coefficient (Wildman–Crippen LogP) is 2.16. The fourth-order valence-corrected chi connectivity index (χ4v) is 1.63. The fraction of sp³-hybridized carbons (Fsp3) is 0.333. The molecule has 1 aliphatic carbocycles. The highest BCUT2D eigenvalue weighted by Crippen LogP contribution is 2.22. The second-order valence-corrected chi connectivity index (χ2v) is 3.64. The van der Waals surface area contributed by atoms with Gasteiger partial charge in [0.15, 0.2) is 0 Å². The summed E-state index contributed by atoms with van der Waals surface area (Å²) >= 11 is 7.98. The maximum Gasteiger partial charge on any atom is 0.0439 e. The molecule has 0 aromatic heterocycles. The van der Waals surface area contributed by atoms with Crippen LogP contribution in [-0.2, 0) is 0 Å². The van der Waals surface area contributed by atoms with Gasteiger partial charge in [-0.2, -0.15) is 0 Å². The lowest BCUT2D eigenvalue weighted by atomic mass is 10.1. The van der Waals surface area contributed by atoms with Gasteiger partial charge in [0.05, 0.1) is 0 Å². The number of halogens is 2. The first kappa shape index (κ1) is 7.57. The van der Waals surface area contributed by atoms with Crippen molar-refractivity contribution < 1.29 is 0 Å². The zero-order valence-electron chi connectivity index (χ0n) is 4.77. The summed E-state index contributed by atoms with van der Waals surface area (Å²) in [6, 6.07) is 0.0326. The van der Waals surface area contributed by atoms with Gasteiger partial charge >= 0.3 is 0 Å². The Balaban J connectivity index is 2.74. The van der Waals surface area contributed by atoms with Gasteiger partial charge in [0.2, 0.25) is 0 Å². The van der Waals surface area contributed by atoms with Crippen molar-refractivity contribution in [3.05, 3.63) is 20.8 Å². The highest BCUT2D eigenvalue weighted by Gasteiger charge is 2.09. The predicted molar refractivity (Wildman–Crippen MR) is 48.6 cm³/mol. The van der Waals surface area contributed by atoms with E-state index in [1.165, 1.54) is 3.58 Å². The van der Waals surface area contributed by atoms with Crippen molar-refractivity contribution in [1.29, 1.82) is 0 Å². The third kappa shape index (κ3) is 1.95. The molecule has 0 saturated carbocycles. The molecule has 0 bridgehead atoms. The summed E-state index contributed by atoms with van der Waals surface area (Å²) in [6.45, 7) is 0. The highest BCUT2D eigenvalue weighted by atomic mass is 127. The molecule has 0 aromatic carbocycles. The number of rotatable bonds is 0. The SMILES string of the molecule is NC1CC=C(I)C=C1Cl. The van der Waals surface area contributed by atoms with E-state index >= 15 is 0 Å². The summed E-state index contributed by atoms with van der Waals surface area (Å²) in [6.07, 6.45) is 4.85. The van der Waals surface area contributed by atoms with E-state index in [0.717, 1.165) is 11.5 Å². The van der Waals surface area contributed by atoms with Crippen LogP contribution in [0.3, 0.4) is 0 Å². The van der Waals surface area contributed by atoms with E-state index in [0.29, 0.717) is 0 Å². The van der Waals surface area contributed by atoms with Crippen molar-refractivity contribution in [2.24, 2.45) is 5.73 Å². The molecule has 0 heterocycles. The van der Waals surface area contributed by atoms with E-state index in [1.54, 1.807) is 0 Å². The van der Waals surface area contributed by atoms with Gasteiger partial charge in [-0.25, -0.2) is 0 Å². The van der Waals surface area contributed by atoms with Gasteiger partial charge < -0.3 is 5.73 Å². The monoisotopic (exact) mass is 255 g/mol. The van der Waals surface area contributed by atoms with Crippen molar-refractivity contribution in [1.82, 2.24) is 0 Å². The van der Waals surface area contributed by atoms with Crippen molar-refractivity contribution in [3.63, 3.8) is 0 Å². The van der Waals surface area contributed by atoms with Crippen LogP contribution >= 0.6 is 34.2 Å². The normalized spacial score (nSPS) is 27.2. The molecule has 1 aliphatic rings. The Labute approximate surface area is 73.1 Å². The number of hydrogen-bond donors (Lipinski definition) is 1. The Morgan fingerprint density at radius 1 is 1.78 bits per heavy atom. The van der Waals surface area contributed by atoms with Gasteiger partial charge in [-0.15, -0.1) is 0 Å². The van der Waals surface area contributed by atoms with Gasteiger partial charge in [-0.3, -0.25) is 0 Å². The Morgan fingerprint density at radius 3 is 2.89 bits per heavy atom. The first-order valence-electron chi connectivity index (χ1n) is 2.68. The maximum absolute atomic E-state index is 5.75. The van der Waals surface area contributed by atoms with Crippen LogP contribution < -0.4 is 5.73 Å². The van der Waals surface area contributed by atoms with E-state index < -0.39 is 0 Å². The average Bonchev–Trinajstić information content (AvgIpc) is 1.80. The number of allylic oxidation sites excluding steroid dienone is 2. The minimum atomic E-state index is 0.0326. The quantitative estimate of drug-likeness (QED) is 0.660. The topological polar surface area (TPSA) is 26.0 Å². The van der Waals surface area contributed by atoms with Gasteiger partial charge in [0.25, 0.3) is 0 Å². The van der Waals surface area contributed by atoms with Gasteiger partial charge in [0.1, 0.15) is 0 Å². The third-order valence-corrected chi connectivity index (χ3v) is 2.34. The lowest BCUT2D eigenvalue weighted by Crippen LogP contribution is -2.20. The van der Waals surface area contributed by atoms with Crippen LogP contribution in [0.4, 0.5) is 0 Å². The van der Waals surface area contributed by atoms with Crippen molar-refractivity contribution in [3.8, 4) is 0 Å². The van der Waals surface area contributed by atoms with E-state index in [2.05, 4.69) is 28.7 Å². The summed E-state index contributed by atoms with van der Waals surface area (Å²) < 4.78 is 1.18. The largest absolute Gasteiger partial charge is 0.323 e. The van der Waals surface area contributed by atoms with Gasteiger partial charge in [0, 0.05) is 14.7 Å². The first-order chi connectivity index (χ1) is 4.20. The minimum Gasteiger partial charge on any atom is -0.323 e. The number of hydrogen-bond acceptors (Lipinski definition) is 1. The molecule has 1 unspecified atom stereocenters. The molecule has 1 rings (SSSR count). The molecule has 3 heteroatoms. The minimum absolute atomic E-state index is 0.0326. The lowest BCUT2D eigenvalue weighted by Gasteiger charge is -2.11. The van der Waals surface area contributed by atoms with E-state index in [9.17, 15) is 0 Å². The van der Waals surface area contributed by atoms with Crippen molar-refractivity contribution >= 4 is 34.2 Å². The number of nitrogens with two attached hydrogens (primary N) is 1. The van der Waals surface area contributed by atoms with E-state index in [1.807, 2.05) is 6.08 Å². The molecule has 50 valence electrons.